The number of rotatable bonds is 0. The Morgan fingerprint density at radius 1 is 1.42 bits per heavy atom. The molecule has 0 spiro atoms. The summed E-state index contributed by atoms with van der Waals surface area (Å²) in [5.74, 6) is 0. The third kappa shape index (κ3) is 2.24. The van der Waals surface area contributed by atoms with Gasteiger partial charge in [-0.3, -0.25) is 0 Å². The van der Waals surface area contributed by atoms with Crippen LogP contribution in [0.1, 0.15) is 13.3 Å². The van der Waals surface area contributed by atoms with Gasteiger partial charge in [-0.2, -0.15) is 13.2 Å². The van der Waals surface area contributed by atoms with Gasteiger partial charge in [-0.1, -0.05) is 40.3 Å². The van der Waals surface area contributed by atoms with Crippen LogP contribution >= 0.6 is 22.6 Å². The summed E-state index contributed by atoms with van der Waals surface area (Å²) in [5.41, 5.74) is 0.580. The van der Waals surface area contributed by atoms with Crippen molar-refractivity contribution in [3.63, 3.8) is 0 Å². The van der Waals surface area contributed by atoms with Crippen molar-refractivity contribution >= 4 is 22.6 Å². The monoisotopic (exact) mass is 288 g/mol. The maximum Gasteiger partial charge on any atom is 0.412 e. The van der Waals surface area contributed by atoms with E-state index >= 15 is 0 Å². The summed E-state index contributed by atoms with van der Waals surface area (Å²) in [5, 5.41) is 0. The Balaban J connectivity index is 2.84. The Hall–Kier alpha value is -0.000000000000000222. The molecule has 0 N–H and O–H groups in total. The first-order chi connectivity index (χ1) is 5.41. The van der Waals surface area contributed by atoms with Gasteiger partial charge in [0.2, 0.25) is 0 Å². The molecule has 0 aromatic heterocycles. The lowest BCUT2D eigenvalue weighted by Crippen LogP contribution is -2.18. The molecule has 0 heterocycles. The second kappa shape index (κ2) is 3.40. The Morgan fingerprint density at radius 3 is 2.42 bits per heavy atom. The lowest BCUT2D eigenvalue weighted by atomic mass is 9.99. The number of alkyl halides is 4. The highest BCUT2D eigenvalue weighted by atomic mass is 127. The lowest BCUT2D eigenvalue weighted by Gasteiger charge is -2.19. The van der Waals surface area contributed by atoms with E-state index in [0.29, 0.717) is 0 Å². The lowest BCUT2D eigenvalue weighted by molar-refractivity contribution is -0.0938. The second-order valence-electron chi connectivity index (χ2n) is 2.77. The van der Waals surface area contributed by atoms with Crippen LogP contribution < -0.4 is 0 Å². The predicted molar refractivity (Wildman–Crippen MR) is 50.3 cm³/mol. The molecule has 1 aliphatic rings. The second-order valence-corrected chi connectivity index (χ2v) is 4.28. The summed E-state index contributed by atoms with van der Waals surface area (Å²) in [6, 6.07) is 0. The Bertz CT molecular complexity index is 237. The van der Waals surface area contributed by atoms with Gasteiger partial charge in [0.15, 0.2) is 0 Å². The highest BCUT2D eigenvalue weighted by Gasteiger charge is 2.35. The molecule has 12 heavy (non-hydrogen) atoms. The molecule has 0 aromatic rings. The molecule has 0 radical (unpaired) electrons. The molecule has 0 saturated heterocycles. The standard InChI is InChI=1S/C8H8F3I/c1-5-2-3-6(4-7(5)12)8(9,10)11/h2-3,7H,4H2,1H3. The fraction of sp³-hybridized carbons (Fsp3) is 0.500. The molecule has 0 aromatic carbocycles. The Labute approximate surface area is 82.7 Å². The first-order valence-corrected chi connectivity index (χ1v) is 4.74. The molecule has 0 amide bonds. The SMILES string of the molecule is CC1=CC=C(C(F)(F)F)CC1I. The molecule has 0 bridgehead atoms. The molecule has 1 aliphatic carbocycles. The quantitative estimate of drug-likeness (QED) is 0.471. The number of halogens is 4. The molecule has 1 rings (SSSR count). The van der Waals surface area contributed by atoms with Crippen LogP contribution in [0.15, 0.2) is 23.3 Å². The van der Waals surface area contributed by atoms with Gasteiger partial charge in [-0.25, -0.2) is 0 Å². The molecule has 68 valence electrons. The normalized spacial score (nSPS) is 24.9. The third-order valence-corrected chi connectivity index (χ3v) is 3.23. The molecular weight excluding hydrogens is 280 g/mol. The van der Waals surface area contributed by atoms with Crippen molar-refractivity contribution < 1.29 is 13.2 Å². The van der Waals surface area contributed by atoms with E-state index in [9.17, 15) is 13.2 Å². The van der Waals surface area contributed by atoms with Gasteiger partial charge >= 0.3 is 6.18 Å². The number of hydrogen-bond donors (Lipinski definition) is 0. The average molecular weight is 288 g/mol. The van der Waals surface area contributed by atoms with Crippen molar-refractivity contribution in [2.45, 2.75) is 23.4 Å². The van der Waals surface area contributed by atoms with Gasteiger partial charge in [0.25, 0.3) is 0 Å². The molecule has 4 heteroatoms. The van der Waals surface area contributed by atoms with E-state index in [-0.39, 0.29) is 10.3 Å². The van der Waals surface area contributed by atoms with Gasteiger partial charge in [0, 0.05) is 9.50 Å². The minimum Gasteiger partial charge on any atom is -0.166 e. The molecule has 0 aliphatic heterocycles. The molecule has 1 atom stereocenters. The zero-order valence-electron chi connectivity index (χ0n) is 6.45. The van der Waals surface area contributed by atoms with Crippen LogP contribution in [0.2, 0.25) is 0 Å². The van der Waals surface area contributed by atoms with Gasteiger partial charge in [-0.15, -0.1) is 0 Å². The van der Waals surface area contributed by atoms with Crippen molar-refractivity contribution in [3.8, 4) is 0 Å². The van der Waals surface area contributed by atoms with Crippen molar-refractivity contribution in [1.29, 1.82) is 0 Å². The predicted octanol–water partition coefficient (Wildman–Crippen LogP) is 3.63. The van der Waals surface area contributed by atoms with E-state index < -0.39 is 11.7 Å². The van der Waals surface area contributed by atoms with Gasteiger partial charge in [0.05, 0.1) is 0 Å². The number of hydrogen-bond acceptors (Lipinski definition) is 0. The van der Waals surface area contributed by atoms with Crippen LogP contribution in [-0.2, 0) is 0 Å². The van der Waals surface area contributed by atoms with E-state index in [0.717, 1.165) is 5.57 Å². The Morgan fingerprint density at radius 2 is 2.00 bits per heavy atom. The molecule has 1 unspecified atom stereocenters. The largest absolute Gasteiger partial charge is 0.412 e. The van der Waals surface area contributed by atoms with Crippen LogP contribution in [0, 0.1) is 0 Å². The topological polar surface area (TPSA) is 0 Å². The minimum absolute atomic E-state index is 0.00998. The average Bonchev–Trinajstić information content (AvgIpc) is 1.92. The summed E-state index contributed by atoms with van der Waals surface area (Å²) in [6.07, 6.45) is -1.33. The molecule has 0 nitrogen and oxygen atoms in total. The summed E-state index contributed by atoms with van der Waals surface area (Å²) >= 11 is 2.03. The van der Waals surface area contributed by atoms with Crippen LogP contribution in [-0.4, -0.2) is 10.1 Å². The summed E-state index contributed by atoms with van der Waals surface area (Å²) in [6.45, 7) is 1.85. The highest BCUT2D eigenvalue weighted by Crippen LogP contribution is 2.35. The van der Waals surface area contributed by atoms with Crippen molar-refractivity contribution in [2.24, 2.45) is 0 Å². The maximum absolute atomic E-state index is 12.1. The van der Waals surface area contributed by atoms with Gasteiger partial charge < -0.3 is 0 Å². The van der Waals surface area contributed by atoms with Gasteiger partial charge in [-0.05, 0) is 13.3 Å². The maximum atomic E-state index is 12.1. The zero-order chi connectivity index (χ0) is 9.35. The van der Waals surface area contributed by atoms with E-state index in [1.54, 1.807) is 6.08 Å². The molecule has 0 saturated carbocycles. The summed E-state index contributed by atoms with van der Waals surface area (Å²) in [4.78, 5) is 0. The Kier molecular flexibility index (Phi) is 2.85. The minimum atomic E-state index is -4.15. The van der Waals surface area contributed by atoms with E-state index in [4.69, 9.17) is 0 Å². The van der Waals surface area contributed by atoms with Gasteiger partial charge in [0.1, 0.15) is 0 Å². The van der Waals surface area contributed by atoms with E-state index in [1.807, 2.05) is 29.5 Å². The fourth-order valence-electron chi connectivity index (χ4n) is 0.969. The van der Waals surface area contributed by atoms with E-state index in [1.165, 1.54) is 6.08 Å². The van der Waals surface area contributed by atoms with Crippen LogP contribution in [0.25, 0.3) is 0 Å². The highest BCUT2D eigenvalue weighted by molar-refractivity contribution is 14.1. The third-order valence-electron chi connectivity index (χ3n) is 1.80. The van der Waals surface area contributed by atoms with Crippen LogP contribution in [0.3, 0.4) is 0 Å². The van der Waals surface area contributed by atoms with Crippen LogP contribution in [0.4, 0.5) is 13.2 Å². The van der Waals surface area contributed by atoms with Crippen LogP contribution in [0.5, 0.6) is 0 Å². The molecular formula is C8H8F3I. The van der Waals surface area contributed by atoms with Crippen molar-refractivity contribution in [3.05, 3.63) is 23.3 Å². The van der Waals surface area contributed by atoms with Crippen molar-refractivity contribution in [2.75, 3.05) is 0 Å². The summed E-state index contributed by atoms with van der Waals surface area (Å²) < 4.78 is 36.4. The molecule has 0 fully saturated rings. The number of allylic oxidation sites excluding steroid dienone is 4. The smallest absolute Gasteiger partial charge is 0.166 e. The fourth-order valence-corrected chi connectivity index (χ4v) is 1.65. The zero-order valence-corrected chi connectivity index (χ0v) is 8.61. The van der Waals surface area contributed by atoms with E-state index in [2.05, 4.69) is 0 Å². The first kappa shape index (κ1) is 10.1. The van der Waals surface area contributed by atoms with Crippen molar-refractivity contribution in [1.82, 2.24) is 0 Å². The first-order valence-electron chi connectivity index (χ1n) is 3.50. The summed E-state index contributed by atoms with van der Waals surface area (Å²) in [7, 11) is 0.